The number of thiazole rings is 1. The third kappa shape index (κ3) is 3.62. The molecule has 0 unspecified atom stereocenters. The minimum absolute atomic E-state index is 0.109. The van der Waals surface area contributed by atoms with Crippen LogP contribution in [0.1, 0.15) is 5.56 Å². The number of rotatable bonds is 4. The van der Waals surface area contributed by atoms with Crippen molar-refractivity contribution in [1.29, 1.82) is 0 Å². The lowest BCUT2D eigenvalue weighted by molar-refractivity contribution is -0.127. The molecule has 1 amide bonds. The van der Waals surface area contributed by atoms with Gasteiger partial charge < -0.3 is 9.47 Å². The summed E-state index contributed by atoms with van der Waals surface area (Å²) in [6.45, 7) is 0.109. The van der Waals surface area contributed by atoms with E-state index < -0.39 is 6.10 Å². The molecule has 3 aromatic carbocycles. The predicted molar refractivity (Wildman–Crippen MR) is 117 cm³/mol. The molecule has 1 aliphatic rings. The summed E-state index contributed by atoms with van der Waals surface area (Å²) in [7, 11) is 0. The first-order valence-corrected chi connectivity index (χ1v) is 10.3. The maximum absolute atomic E-state index is 13.4. The van der Waals surface area contributed by atoms with Gasteiger partial charge in [0.05, 0.1) is 16.4 Å². The van der Waals surface area contributed by atoms with E-state index in [1.54, 1.807) is 12.3 Å². The molecule has 30 heavy (non-hydrogen) atoms. The number of hydrazone groups is 1. The van der Waals surface area contributed by atoms with Gasteiger partial charge in [-0.05, 0) is 29.8 Å². The van der Waals surface area contributed by atoms with E-state index >= 15 is 0 Å². The van der Waals surface area contributed by atoms with E-state index in [0.717, 1.165) is 15.8 Å². The highest BCUT2D eigenvalue weighted by molar-refractivity contribution is 7.22. The van der Waals surface area contributed by atoms with Crippen LogP contribution in [-0.4, -0.2) is 29.8 Å². The standard InChI is InChI=1S/C23H17N3O3S/c27-22(20-15-28-18-11-5-6-12-19(18)29-20)26(24-14-16-8-2-1-3-9-16)23-25-17-10-4-7-13-21(17)30-23/h1-14,20H,15H2/b24-14-/t20-/m0/s1. The summed E-state index contributed by atoms with van der Waals surface area (Å²) in [5.41, 5.74) is 1.69. The van der Waals surface area contributed by atoms with Crippen LogP contribution >= 0.6 is 11.3 Å². The number of ether oxygens (including phenoxy) is 2. The fourth-order valence-corrected chi connectivity index (χ4v) is 4.02. The highest BCUT2D eigenvalue weighted by Gasteiger charge is 2.33. The van der Waals surface area contributed by atoms with Crippen molar-refractivity contribution in [3.8, 4) is 11.5 Å². The van der Waals surface area contributed by atoms with Gasteiger partial charge in [-0.15, -0.1) is 0 Å². The van der Waals surface area contributed by atoms with Crippen LogP contribution < -0.4 is 14.5 Å². The topological polar surface area (TPSA) is 64.0 Å². The average molecular weight is 415 g/mol. The molecule has 4 aromatic rings. The van der Waals surface area contributed by atoms with E-state index in [1.807, 2.05) is 72.8 Å². The smallest absolute Gasteiger partial charge is 0.294 e. The summed E-state index contributed by atoms with van der Waals surface area (Å²) >= 11 is 1.40. The number of aromatic nitrogens is 1. The molecule has 7 heteroatoms. The van der Waals surface area contributed by atoms with Crippen LogP contribution in [-0.2, 0) is 4.79 Å². The van der Waals surface area contributed by atoms with Crippen LogP contribution in [0.4, 0.5) is 5.13 Å². The zero-order valence-corrected chi connectivity index (χ0v) is 16.7. The second-order valence-corrected chi connectivity index (χ2v) is 7.64. The van der Waals surface area contributed by atoms with Crippen molar-refractivity contribution in [2.45, 2.75) is 6.10 Å². The molecule has 0 bridgehead atoms. The first kappa shape index (κ1) is 18.3. The molecule has 5 rings (SSSR count). The second-order valence-electron chi connectivity index (χ2n) is 6.63. The van der Waals surface area contributed by atoms with Gasteiger partial charge >= 0.3 is 0 Å². The summed E-state index contributed by atoms with van der Waals surface area (Å²) in [6, 6.07) is 24.6. The molecule has 0 aliphatic carbocycles. The molecule has 0 fully saturated rings. The van der Waals surface area contributed by atoms with Gasteiger partial charge in [0.2, 0.25) is 11.2 Å². The third-order valence-corrected chi connectivity index (χ3v) is 5.59. The van der Waals surface area contributed by atoms with Gasteiger partial charge in [-0.3, -0.25) is 4.79 Å². The Hall–Kier alpha value is -3.71. The van der Waals surface area contributed by atoms with E-state index in [4.69, 9.17) is 9.47 Å². The number of para-hydroxylation sites is 3. The summed E-state index contributed by atoms with van der Waals surface area (Å²) in [5, 5.41) is 6.25. The zero-order valence-electron chi connectivity index (χ0n) is 15.8. The van der Waals surface area contributed by atoms with Crippen LogP contribution in [0, 0.1) is 0 Å². The van der Waals surface area contributed by atoms with Crippen LogP contribution in [0.25, 0.3) is 10.2 Å². The average Bonchev–Trinajstić information content (AvgIpc) is 3.23. The van der Waals surface area contributed by atoms with E-state index in [-0.39, 0.29) is 12.5 Å². The summed E-state index contributed by atoms with van der Waals surface area (Å²) in [6.07, 6.45) is 0.821. The number of anilines is 1. The Kier molecular flexibility index (Phi) is 4.86. The third-order valence-electron chi connectivity index (χ3n) is 4.58. The Morgan fingerprint density at radius 2 is 1.73 bits per heavy atom. The number of fused-ring (bicyclic) bond motifs is 2. The Morgan fingerprint density at radius 1 is 1.00 bits per heavy atom. The predicted octanol–water partition coefficient (Wildman–Crippen LogP) is 4.50. The zero-order chi connectivity index (χ0) is 20.3. The number of hydrogen-bond acceptors (Lipinski definition) is 6. The first-order valence-electron chi connectivity index (χ1n) is 9.45. The normalized spacial score (nSPS) is 15.4. The van der Waals surface area contributed by atoms with E-state index in [9.17, 15) is 4.79 Å². The number of hydrogen-bond donors (Lipinski definition) is 0. The van der Waals surface area contributed by atoms with Gasteiger partial charge in [0, 0.05) is 0 Å². The SMILES string of the molecule is O=C([C@@H]1COc2ccccc2O1)N(/N=C\c1ccccc1)c1nc2ccccc2s1. The van der Waals surface area contributed by atoms with Gasteiger partial charge in [0.15, 0.2) is 11.5 Å². The molecule has 0 saturated carbocycles. The lowest BCUT2D eigenvalue weighted by atomic mass is 10.2. The Bertz CT molecular complexity index is 1190. The monoisotopic (exact) mass is 415 g/mol. The maximum atomic E-state index is 13.4. The first-order chi connectivity index (χ1) is 14.8. The van der Waals surface area contributed by atoms with Crippen molar-refractivity contribution < 1.29 is 14.3 Å². The van der Waals surface area contributed by atoms with Crippen LogP contribution in [0.2, 0.25) is 0 Å². The van der Waals surface area contributed by atoms with Crippen LogP contribution in [0.5, 0.6) is 11.5 Å². The van der Waals surface area contributed by atoms with E-state index in [1.165, 1.54) is 16.3 Å². The summed E-state index contributed by atoms with van der Waals surface area (Å²) in [5.74, 6) is 0.829. The number of carbonyl (C=O) groups excluding carboxylic acids is 1. The van der Waals surface area contributed by atoms with Crippen LogP contribution in [0.15, 0.2) is 84.0 Å². The number of benzene rings is 3. The quantitative estimate of drug-likeness (QED) is 0.364. The fourth-order valence-electron chi connectivity index (χ4n) is 3.09. The van der Waals surface area contributed by atoms with Crippen molar-refractivity contribution in [2.75, 3.05) is 11.6 Å². The summed E-state index contributed by atoms with van der Waals surface area (Å²) in [4.78, 5) is 18.0. The second kappa shape index (κ2) is 7.96. The molecule has 148 valence electrons. The molecule has 0 radical (unpaired) electrons. The molecule has 0 spiro atoms. The van der Waals surface area contributed by atoms with Crippen molar-refractivity contribution in [3.05, 3.63) is 84.4 Å². The van der Waals surface area contributed by atoms with Gasteiger partial charge in [-0.2, -0.15) is 10.1 Å². The highest BCUT2D eigenvalue weighted by Crippen LogP contribution is 2.33. The van der Waals surface area contributed by atoms with Gasteiger partial charge in [0.1, 0.15) is 6.61 Å². The Morgan fingerprint density at radius 3 is 2.57 bits per heavy atom. The van der Waals surface area contributed by atoms with Crippen molar-refractivity contribution >= 4 is 38.8 Å². The Balaban J connectivity index is 1.49. The summed E-state index contributed by atoms with van der Waals surface area (Å²) < 4.78 is 12.6. The van der Waals surface area contributed by atoms with Gasteiger partial charge in [0.25, 0.3) is 5.91 Å². The maximum Gasteiger partial charge on any atom is 0.294 e. The molecule has 0 saturated heterocycles. The van der Waals surface area contributed by atoms with Crippen molar-refractivity contribution in [2.24, 2.45) is 5.10 Å². The molecule has 1 atom stereocenters. The van der Waals surface area contributed by atoms with Crippen molar-refractivity contribution in [3.63, 3.8) is 0 Å². The lowest BCUT2D eigenvalue weighted by Gasteiger charge is -2.27. The van der Waals surface area contributed by atoms with Crippen LogP contribution in [0.3, 0.4) is 0 Å². The van der Waals surface area contributed by atoms with Gasteiger partial charge in [-0.1, -0.05) is 65.9 Å². The van der Waals surface area contributed by atoms with Gasteiger partial charge in [-0.25, -0.2) is 4.98 Å². The molecule has 6 nitrogen and oxygen atoms in total. The minimum atomic E-state index is -0.820. The van der Waals surface area contributed by atoms with Crippen molar-refractivity contribution in [1.82, 2.24) is 4.98 Å². The number of nitrogens with zero attached hydrogens (tertiary/aromatic N) is 3. The number of amides is 1. The molecule has 0 N–H and O–H groups in total. The lowest BCUT2D eigenvalue weighted by Crippen LogP contribution is -2.44. The van der Waals surface area contributed by atoms with E-state index in [0.29, 0.717) is 16.6 Å². The molecular weight excluding hydrogens is 398 g/mol. The largest absolute Gasteiger partial charge is 0.485 e. The highest BCUT2D eigenvalue weighted by atomic mass is 32.1. The van der Waals surface area contributed by atoms with E-state index in [2.05, 4.69) is 10.1 Å². The molecule has 1 aromatic heterocycles. The Labute approximate surface area is 177 Å². The molecular formula is C23H17N3O3S. The fraction of sp³-hybridized carbons (Fsp3) is 0.0870. The molecule has 1 aliphatic heterocycles. The molecule has 2 heterocycles. The minimum Gasteiger partial charge on any atom is -0.485 e. The number of carbonyl (C=O) groups is 1.